The highest BCUT2D eigenvalue weighted by atomic mass is 16.6. The summed E-state index contributed by atoms with van der Waals surface area (Å²) in [5.74, 6) is 0.337. The Labute approximate surface area is 96.4 Å². The van der Waals surface area contributed by atoms with Gasteiger partial charge in [-0.2, -0.15) is 0 Å². The minimum absolute atomic E-state index is 0.0482. The van der Waals surface area contributed by atoms with E-state index in [9.17, 15) is 4.79 Å². The molecule has 0 bridgehead atoms. The van der Waals surface area contributed by atoms with Crippen LogP contribution in [-0.2, 0) is 9.53 Å². The number of hydrogen-bond acceptors (Lipinski definition) is 3. The molecule has 16 heavy (non-hydrogen) atoms. The second-order valence-electron chi connectivity index (χ2n) is 4.19. The van der Waals surface area contributed by atoms with Crippen molar-refractivity contribution in [3.8, 4) is 5.75 Å². The predicted molar refractivity (Wildman–Crippen MR) is 62.4 cm³/mol. The number of para-hydroxylation sites is 1. The third-order valence-corrected chi connectivity index (χ3v) is 2.34. The van der Waals surface area contributed by atoms with Crippen LogP contribution in [0.5, 0.6) is 5.75 Å². The maximum atomic E-state index is 11.4. The zero-order valence-corrected chi connectivity index (χ0v) is 10.0. The molecular formula is C13H18O3. The Morgan fingerprint density at radius 2 is 1.88 bits per heavy atom. The van der Waals surface area contributed by atoms with Crippen LogP contribution < -0.4 is 4.74 Å². The van der Waals surface area contributed by atoms with Crippen LogP contribution in [0, 0.1) is 0 Å². The van der Waals surface area contributed by atoms with Gasteiger partial charge >= 0.3 is 5.97 Å². The van der Waals surface area contributed by atoms with Crippen molar-refractivity contribution in [2.24, 2.45) is 0 Å². The lowest BCUT2D eigenvalue weighted by Crippen LogP contribution is -2.29. The molecule has 3 heteroatoms. The third kappa shape index (κ3) is 4.34. The molecule has 0 radical (unpaired) electrons. The fourth-order valence-corrected chi connectivity index (χ4v) is 1.07. The minimum atomic E-state index is -0.420. The topological polar surface area (TPSA) is 35.5 Å². The van der Waals surface area contributed by atoms with E-state index >= 15 is 0 Å². The van der Waals surface area contributed by atoms with Crippen molar-refractivity contribution in [3.63, 3.8) is 0 Å². The molecule has 0 aromatic heterocycles. The summed E-state index contributed by atoms with van der Waals surface area (Å²) in [6.07, 6.45) is 0.782. The molecule has 0 heterocycles. The van der Waals surface area contributed by atoms with Crippen molar-refractivity contribution in [2.45, 2.75) is 32.8 Å². The van der Waals surface area contributed by atoms with Crippen LogP contribution in [0.25, 0.3) is 0 Å². The number of rotatable bonds is 5. The Hall–Kier alpha value is -1.51. The molecule has 0 N–H and O–H groups in total. The van der Waals surface area contributed by atoms with Gasteiger partial charge in [-0.3, -0.25) is 0 Å². The summed E-state index contributed by atoms with van der Waals surface area (Å²) in [6.45, 7) is 5.69. The lowest BCUT2D eigenvalue weighted by Gasteiger charge is -2.23. The quantitative estimate of drug-likeness (QED) is 0.719. The molecule has 3 nitrogen and oxygen atoms in total. The highest BCUT2D eigenvalue weighted by molar-refractivity contribution is 5.71. The van der Waals surface area contributed by atoms with Crippen molar-refractivity contribution in [1.29, 1.82) is 0 Å². The monoisotopic (exact) mass is 222 g/mol. The molecule has 1 aromatic carbocycles. The zero-order valence-electron chi connectivity index (χ0n) is 10.0. The Balaban J connectivity index is 2.36. The van der Waals surface area contributed by atoms with Gasteiger partial charge in [-0.25, -0.2) is 4.79 Å². The number of carbonyl (C=O) groups excluding carboxylic acids is 1. The molecule has 88 valence electrons. The van der Waals surface area contributed by atoms with Gasteiger partial charge in [-0.05, 0) is 32.4 Å². The van der Waals surface area contributed by atoms with Crippen molar-refractivity contribution in [1.82, 2.24) is 0 Å². The van der Waals surface area contributed by atoms with E-state index in [4.69, 9.17) is 9.47 Å². The lowest BCUT2D eigenvalue weighted by molar-refractivity contribution is -0.159. The molecule has 0 spiro atoms. The Kier molecular flexibility index (Phi) is 4.35. The lowest BCUT2D eigenvalue weighted by atomic mass is 10.1. The van der Waals surface area contributed by atoms with Crippen molar-refractivity contribution in [3.05, 3.63) is 30.3 Å². The third-order valence-electron chi connectivity index (χ3n) is 2.34. The van der Waals surface area contributed by atoms with Gasteiger partial charge in [0.15, 0.2) is 6.61 Å². The van der Waals surface area contributed by atoms with E-state index in [1.165, 1.54) is 0 Å². The molecule has 0 atom stereocenters. The van der Waals surface area contributed by atoms with Gasteiger partial charge in [0.2, 0.25) is 0 Å². The van der Waals surface area contributed by atoms with Gasteiger partial charge in [0, 0.05) is 0 Å². The van der Waals surface area contributed by atoms with E-state index < -0.39 is 5.60 Å². The highest BCUT2D eigenvalue weighted by Gasteiger charge is 2.20. The van der Waals surface area contributed by atoms with E-state index in [0.717, 1.165) is 6.42 Å². The largest absolute Gasteiger partial charge is 0.482 e. The molecule has 0 unspecified atom stereocenters. The Bertz CT molecular complexity index is 330. The first-order valence-corrected chi connectivity index (χ1v) is 5.43. The van der Waals surface area contributed by atoms with Gasteiger partial charge in [0.05, 0.1) is 0 Å². The van der Waals surface area contributed by atoms with Crippen LogP contribution in [0.1, 0.15) is 27.2 Å². The van der Waals surface area contributed by atoms with Crippen molar-refractivity contribution < 1.29 is 14.3 Å². The summed E-state index contributed by atoms with van der Waals surface area (Å²) in [4.78, 5) is 11.4. The highest BCUT2D eigenvalue weighted by Crippen LogP contribution is 2.14. The second kappa shape index (κ2) is 5.54. The Morgan fingerprint density at radius 1 is 1.25 bits per heavy atom. The van der Waals surface area contributed by atoms with Crippen molar-refractivity contribution in [2.75, 3.05) is 6.61 Å². The molecule has 0 aliphatic rings. The van der Waals surface area contributed by atoms with Crippen LogP contribution >= 0.6 is 0 Å². The van der Waals surface area contributed by atoms with Gasteiger partial charge < -0.3 is 9.47 Å². The summed E-state index contributed by atoms with van der Waals surface area (Å²) in [7, 11) is 0. The van der Waals surface area contributed by atoms with E-state index in [-0.39, 0.29) is 12.6 Å². The normalized spacial score (nSPS) is 10.9. The first kappa shape index (κ1) is 12.6. The van der Waals surface area contributed by atoms with Crippen LogP contribution in [0.3, 0.4) is 0 Å². The SMILES string of the molecule is CCC(C)(C)OC(=O)COc1ccccc1. The van der Waals surface area contributed by atoms with E-state index in [2.05, 4.69) is 0 Å². The summed E-state index contributed by atoms with van der Waals surface area (Å²) in [6, 6.07) is 9.22. The summed E-state index contributed by atoms with van der Waals surface area (Å²) in [5.41, 5.74) is -0.420. The Morgan fingerprint density at radius 3 is 2.44 bits per heavy atom. The summed E-state index contributed by atoms with van der Waals surface area (Å²) >= 11 is 0. The summed E-state index contributed by atoms with van der Waals surface area (Å²) < 4.78 is 10.5. The average Bonchev–Trinajstić information content (AvgIpc) is 2.27. The minimum Gasteiger partial charge on any atom is -0.482 e. The molecule has 0 aliphatic carbocycles. The number of ether oxygens (including phenoxy) is 2. The fraction of sp³-hybridized carbons (Fsp3) is 0.462. The second-order valence-corrected chi connectivity index (χ2v) is 4.19. The number of benzene rings is 1. The van der Waals surface area contributed by atoms with Gasteiger partial charge in [0.25, 0.3) is 0 Å². The van der Waals surface area contributed by atoms with Crippen LogP contribution in [0.2, 0.25) is 0 Å². The number of carbonyl (C=O) groups is 1. The average molecular weight is 222 g/mol. The molecule has 0 aliphatic heterocycles. The molecular weight excluding hydrogens is 204 g/mol. The van der Waals surface area contributed by atoms with E-state index in [0.29, 0.717) is 5.75 Å². The standard InChI is InChI=1S/C13H18O3/c1-4-13(2,3)16-12(14)10-15-11-8-6-5-7-9-11/h5-9H,4,10H2,1-3H3. The van der Waals surface area contributed by atoms with Crippen LogP contribution in [0.15, 0.2) is 30.3 Å². The fourth-order valence-electron chi connectivity index (χ4n) is 1.07. The smallest absolute Gasteiger partial charge is 0.344 e. The number of esters is 1. The first-order valence-electron chi connectivity index (χ1n) is 5.43. The maximum Gasteiger partial charge on any atom is 0.344 e. The zero-order chi connectivity index (χ0) is 12.0. The maximum absolute atomic E-state index is 11.4. The van der Waals surface area contributed by atoms with E-state index in [1.807, 2.05) is 39.0 Å². The summed E-state index contributed by atoms with van der Waals surface area (Å²) in [5, 5.41) is 0. The van der Waals surface area contributed by atoms with E-state index in [1.54, 1.807) is 12.1 Å². The van der Waals surface area contributed by atoms with Crippen LogP contribution in [0.4, 0.5) is 0 Å². The van der Waals surface area contributed by atoms with Crippen LogP contribution in [-0.4, -0.2) is 18.2 Å². The van der Waals surface area contributed by atoms with Gasteiger partial charge in [0.1, 0.15) is 11.4 Å². The molecule has 0 fully saturated rings. The molecule has 1 rings (SSSR count). The first-order chi connectivity index (χ1) is 7.53. The van der Waals surface area contributed by atoms with Gasteiger partial charge in [-0.15, -0.1) is 0 Å². The molecule has 0 saturated heterocycles. The number of hydrogen-bond donors (Lipinski definition) is 0. The molecule has 1 aromatic rings. The molecule has 0 saturated carbocycles. The van der Waals surface area contributed by atoms with Gasteiger partial charge in [-0.1, -0.05) is 25.1 Å². The molecule has 0 amide bonds. The van der Waals surface area contributed by atoms with Crippen molar-refractivity contribution >= 4 is 5.97 Å². The predicted octanol–water partition coefficient (Wildman–Crippen LogP) is 2.80.